The smallest absolute Gasteiger partial charge is 0.221 e. The predicted molar refractivity (Wildman–Crippen MR) is 111 cm³/mol. The number of thiophene rings is 1. The third kappa shape index (κ3) is 3.79. The number of aromatic amines is 1. The van der Waals surface area contributed by atoms with Crippen LogP contribution >= 0.6 is 11.3 Å². The van der Waals surface area contributed by atoms with Crippen LogP contribution in [0.4, 0.5) is 0 Å². The number of amides is 1. The Morgan fingerprint density at radius 1 is 1.39 bits per heavy atom. The number of sulfone groups is 1. The molecular weight excluding hydrogens is 396 g/mol. The highest BCUT2D eigenvalue weighted by Crippen LogP contribution is 2.38. The Morgan fingerprint density at radius 2 is 2.25 bits per heavy atom. The minimum Gasteiger partial charge on any atom is -0.496 e. The molecule has 1 aromatic carbocycles. The summed E-state index contributed by atoms with van der Waals surface area (Å²) in [6.07, 6.45) is 2.67. The highest BCUT2D eigenvalue weighted by Gasteiger charge is 2.30. The van der Waals surface area contributed by atoms with Crippen molar-refractivity contribution in [1.82, 2.24) is 10.3 Å². The SMILES string of the molecule is COc1cccc2[nH]cc([C@@H](CC(=O)N[C@H]3CCS(=O)(=O)C3)c3ccsc3)c12. The summed E-state index contributed by atoms with van der Waals surface area (Å²) in [6, 6.07) is 7.55. The first-order valence-electron chi connectivity index (χ1n) is 9.12. The summed E-state index contributed by atoms with van der Waals surface area (Å²) in [6.45, 7) is 0. The van der Waals surface area contributed by atoms with E-state index in [4.69, 9.17) is 4.74 Å². The molecule has 2 atom stereocenters. The van der Waals surface area contributed by atoms with E-state index < -0.39 is 9.84 Å². The molecule has 0 bridgehead atoms. The lowest BCUT2D eigenvalue weighted by atomic mass is 9.89. The van der Waals surface area contributed by atoms with Crippen molar-refractivity contribution < 1.29 is 17.9 Å². The second kappa shape index (κ2) is 7.60. The van der Waals surface area contributed by atoms with Crippen molar-refractivity contribution in [2.24, 2.45) is 0 Å². The molecule has 0 aliphatic carbocycles. The lowest BCUT2D eigenvalue weighted by Gasteiger charge is -2.18. The van der Waals surface area contributed by atoms with Crippen molar-refractivity contribution in [3.8, 4) is 5.75 Å². The first-order chi connectivity index (χ1) is 13.5. The molecule has 28 heavy (non-hydrogen) atoms. The lowest BCUT2D eigenvalue weighted by Crippen LogP contribution is -2.36. The van der Waals surface area contributed by atoms with Gasteiger partial charge >= 0.3 is 0 Å². The molecular formula is C20H22N2O4S2. The van der Waals surface area contributed by atoms with Gasteiger partial charge in [0.2, 0.25) is 5.91 Å². The molecule has 0 unspecified atom stereocenters. The van der Waals surface area contributed by atoms with Gasteiger partial charge < -0.3 is 15.0 Å². The average molecular weight is 419 g/mol. The Bertz CT molecular complexity index is 1090. The number of fused-ring (bicyclic) bond motifs is 1. The fraction of sp³-hybridized carbons (Fsp3) is 0.350. The molecule has 0 spiro atoms. The molecule has 1 fully saturated rings. The van der Waals surface area contributed by atoms with E-state index in [1.54, 1.807) is 18.4 Å². The van der Waals surface area contributed by atoms with E-state index in [2.05, 4.69) is 10.3 Å². The van der Waals surface area contributed by atoms with Crippen molar-refractivity contribution in [2.75, 3.05) is 18.6 Å². The first-order valence-corrected chi connectivity index (χ1v) is 11.9. The van der Waals surface area contributed by atoms with Crippen LogP contribution in [0.25, 0.3) is 10.9 Å². The van der Waals surface area contributed by atoms with Gasteiger partial charge in [-0.15, -0.1) is 0 Å². The number of benzene rings is 1. The maximum atomic E-state index is 12.8. The molecule has 1 amide bonds. The third-order valence-electron chi connectivity index (χ3n) is 5.23. The molecule has 2 aromatic heterocycles. The number of carbonyl (C=O) groups excluding carboxylic acids is 1. The summed E-state index contributed by atoms with van der Waals surface area (Å²) in [5, 5.41) is 7.92. The third-order valence-corrected chi connectivity index (χ3v) is 7.70. The molecule has 8 heteroatoms. The maximum absolute atomic E-state index is 12.8. The molecule has 1 saturated heterocycles. The van der Waals surface area contributed by atoms with Gasteiger partial charge in [0.15, 0.2) is 9.84 Å². The zero-order valence-corrected chi connectivity index (χ0v) is 17.1. The van der Waals surface area contributed by atoms with Gasteiger partial charge in [0, 0.05) is 35.5 Å². The molecule has 1 aliphatic heterocycles. The van der Waals surface area contributed by atoms with Crippen molar-refractivity contribution in [3.63, 3.8) is 0 Å². The number of hydrogen-bond donors (Lipinski definition) is 2. The molecule has 2 N–H and O–H groups in total. The predicted octanol–water partition coefficient (Wildman–Crippen LogP) is 3.06. The second-order valence-electron chi connectivity index (χ2n) is 7.11. The van der Waals surface area contributed by atoms with Crippen LogP contribution in [0.1, 0.15) is 29.9 Å². The van der Waals surface area contributed by atoms with Crippen LogP contribution in [0, 0.1) is 0 Å². The van der Waals surface area contributed by atoms with Crippen LogP contribution in [-0.4, -0.2) is 44.0 Å². The number of nitrogens with one attached hydrogen (secondary N) is 2. The van der Waals surface area contributed by atoms with Crippen LogP contribution in [0.5, 0.6) is 5.75 Å². The van der Waals surface area contributed by atoms with E-state index in [-0.39, 0.29) is 35.8 Å². The Morgan fingerprint density at radius 3 is 2.93 bits per heavy atom. The van der Waals surface area contributed by atoms with E-state index in [1.165, 1.54) is 0 Å². The van der Waals surface area contributed by atoms with Crippen molar-refractivity contribution in [2.45, 2.75) is 24.8 Å². The minimum absolute atomic E-state index is 0.0305. The van der Waals surface area contributed by atoms with E-state index in [0.717, 1.165) is 27.8 Å². The average Bonchev–Trinajstić information content (AvgIpc) is 3.39. The topological polar surface area (TPSA) is 88.3 Å². The van der Waals surface area contributed by atoms with Gasteiger partial charge in [0.05, 0.1) is 18.6 Å². The van der Waals surface area contributed by atoms with E-state index in [0.29, 0.717) is 6.42 Å². The van der Waals surface area contributed by atoms with Gasteiger partial charge in [0.1, 0.15) is 5.75 Å². The van der Waals surface area contributed by atoms with Crippen LogP contribution in [0.3, 0.4) is 0 Å². The molecule has 0 radical (unpaired) electrons. The molecule has 6 nitrogen and oxygen atoms in total. The first kappa shape index (κ1) is 19.0. The summed E-state index contributed by atoms with van der Waals surface area (Å²) in [5.41, 5.74) is 3.02. The molecule has 3 heterocycles. The van der Waals surface area contributed by atoms with Crippen molar-refractivity contribution >= 4 is 38.0 Å². The molecule has 148 valence electrons. The summed E-state index contributed by atoms with van der Waals surface area (Å²) in [5.74, 6) is 0.655. The number of hydrogen-bond acceptors (Lipinski definition) is 5. The Hall–Kier alpha value is -2.32. The van der Waals surface area contributed by atoms with Crippen LogP contribution in [0.2, 0.25) is 0 Å². The zero-order chi connectivity index (χ0) is 19.7. The van der Waals surface area contributed by atoms with E-state index >= 15 is 0 Å². The van der Waals surface area contributed by atoms with Gasteiger partial charge in [-0.05, 0) is 46.5 Å². The Kier molecular flexibility index (Phi) is 5.16. The van der Waals surface area contributed by atoms with Gasteiger partial charge in [-0.2, -0.15) is 11.3 Å². The van der Waals surface area contributed by atoms with E-state index in [9.17, 15) is 13.2 Å². The lowest BCUT2D eigenvalue weighted by molar-refractivity contribution is -0.121. The Balaban J connectivity index is 1.63. The number of ether oxygens (including phenoxy) is 1. The summed E-state index contributed by atoms with van der Waals surface area (Å²) >= 11 is 1.59. The van der Waals surface area contributed by atoms with Crippen LogP contribution < -0.4 is 10.1 Å². The number of methoxy groups -OCH3 is 1. The highest BCUT2D eigenvalue weighted by molar-refractivity contribution is 7.91. The highest BCUT2D eigenvalue weighted by atomic mass is 32.2. The van der Waals surface area contributed by atoms with Gasteiger partial charge in [-0.25, -0.2) is 8.42 Å². The fourth-order valence-corrected chi connectivity index (χ4v) is 6.27. The molecule has 3 aromatic rings. The molecule has 0 saturated carbocycles. The minimum atomic E-state index is -3.03. The monoisotopic (exact) mass is 418 g/mol. The number of carbonyl (C=O) groups is 1. The van der Waals surface area contributed by atoms with Crippen LogP contribution in [-0.2, 0) is 14.6 Å². The van der Waals surface area contributed by atoms with Crippen LogP contribution in [0.15, 0.2) is 41.2 Å². The zero-order valence-electron chi connectivity index (χ0n) is 15.5. The summed E-state index contributed by atoms with van der Waals surface area (Å²) in [7, 11) is -1.39. The van der Waals surface area contributed by atoms with Gasteiger partial charge in [-0.1, -0.05) is 6.07 Å². The number of H-pyrrole nitrogens is 1. The fourth-order valence-electron chi connectivity index (χ4n) is 3.88. The number of aromatic nitrogens is 1. The largest absolute Gasteiger partial charge is 0.496 e. The standard InChI is InChI=1S/C20H22N2O4S2/c1-26-18-4-2-3-17-20(18)16(10-21-17)15(13-5-7-27-11-13)9-19(23)22-14-6-8-28(24,25)12-14/h2-5,7,10-11,14-15,21H,6,8-9,12H2,1H3,(H,22,23)/t14-,15-/m0/s1. The molecule has 4 rings (SSSR count). The molecule has 1 aliphatic rings. The quantitative estimate of drug-likeness (QED) is 0.644. The maximum Gasteiger partial charge on any atom is 0.221 e. The normalized spacial score (nSPS) is 19.5. The van der Waals surface area contributed by atoms with Gasteiger partial charge in [-0.3, -0.25) is 4.79 Å². The summed E-state index contributed by atoms with van der Waals surface area (Å²) < 4.78 is 28.9. The number of rotatable bonds is 6. The summed E-state index contributed by atoms with van der Waals surface area (Å²) in [4.78, 5) is 16.0. The van der Waals surface area contributed by atoms with Crippen molar-refractivity contribution in [1.29, 1.82) is 0 Å². The van der Waals surface area contributed by atoms with E-state index in [1.807, 2.05) is 41.2 Å². The van der Waals surface area contributed by atoms with Crippen molar-refractivity contribution in [3.05, 3.63) is 52.3 Å². The second-order valence-corrected chi connectivity index (χ2v) is 10.1. The van der Waals surface area contributed by atoms with Gasteiger partial charge in [0.25, 0.3) is 0 Å². The Labute approximate surface area is 167 Å².